The minimum atomic E-state index is -0.874. The van der Waals surface area contributed by atoms with E-state index in [4.69, 9.17) is 4.74 Å². The number of rotatable bonds is 6. The van der Waals surface area contributed by atoms with Crippen LogP contribution in [0.1, 0.15) is 31.8 Å². The van der Waals surface area contributed by atoms with Gasteiger partial charge in [0.15, 0.2) is 11.4 Å². The van der Waals surface area contributed by atoms with Crippen LogP contribution in [-0.4, -0.2) is 46.1 Å². The number of hydrogen-bond donors (Lipinski definition) is 0. The van der Waals surface area contributed by atoms with Crippen LogP contribution in [0.2, 0.25) is 0 Å². The lowest BCUT2D eigenvalue weighted by molar-refractivity contribution is -0.485. The van der Waals surface area contributed by atoms with Gasteiger partial charge in [-0.1, -0.05) is 42.0 Å². The number of carbonyl (C=O) groups excluding carboxylic acids is 4. The zero-order chi connectivity index (χ0) is 23.4. The Morgan fingerprint density at radius 1 is 1.09 bits per heavy atom. The van der Waals surface area contributed by atoms with E-state index in [9.17, 15) is 19.2 Å². The second kappa shape index (κ2) is 9.61. The highest BCUT2D eigenvalue weighted by Gasteiger charge is 2.36. The molecule has 166 valence electrons. The van der Waals surface area contributed by atoms with Crippen molar-refractivity contribution >= 4 is 35.0 Å². The summed E-state index contributed by atoms with van der Waals surface area (Å²) in [5.74, 6) is -2.73. The number of aromatic nitrogens is 1. The van der Waals surface area contributed by atoms with Gasteiger partial charge in [-0.25, -0.2) is 9.59 Å². The van der Waals surface area contributed by atoms with Gasteiger partial charge >= 0.3 is 17.8 Å². The highest BCUT2D eigenvalue weighted by atomic mass is 32.1. The predicted molar refractivity (Wildman–Crippen MR) is 117 cm³/mol. The van der Waals surface area contributed by atoms with Gasteiger partial charge in [-0.3, -0.25) is 9.59 Å². The number of ether oxygens (including phenoxy) is 1. The summed E-state index contributed by atoms with van der Waals surface area (Å²) >= 11 is 1.29. The van der Waals surface area contributed by atoms with Gasteiger partial charge < -0.3 is 9.30 Å². The molecule has 9 nitrogen and oxygen atoms in total. The van der Waals surface area contributed by atoms with Crippen molar-refractivity contribution in [1.82, 2.24) is 4.57 Å². The number of nitrogens with zero attached hydrogens (tertiary/aromatic N) is 4. The smallest absolute Gasteiger partial charge is 0.445 e. The van der Waals surface area contributed by atoms with Gasteiger partial charge in [0.1, 0.15) is 5.56 Å². The second-order valence-corrected chi connectivity index (χ2v) is 8.15. The number of fused-ring (bicyclic) bond motifs is 1. The molecule has 0 bridgehead atoms. The summed E-state index contributed by atoms with van der Waals surface area (Å²) < 4.78 is 7.51. The van der Waals surface area contributed by atoms with Crippen molar-refractivity contribution in [2.75, 3.05) is 13.2 Å². The Hall–Kier alpha value is -4.05. The fourth-order valence-corrected chi connectivity index (χ4v) is 3.90. The molecule has 1 aliphatic rings. The van der Waals surface area contributed by atoms with Crippen LogP contribution in [0.4, 0.5) is 0 Å². The van der Waals surface area contributed by atoms with Gasteiger partial charge in [-0.2, -0.15) is 4.99 Å². The molecule has 0 atom stereocenters. The SMILES string of the molecule is Cc1ccc(Cn2ccsc2=NC(=O)COC(=O)C[N+]2=NC(=O)c3ccccc3C2=O)cc1. The Bertz CT molecular complexity index is 1350. The van der Waals surface area contributed by atoms with Crippen molar-refractivity contribution in [2.45, 2.75) is 13.5 Å². The third-order valence-electron chi connectivity index (χ3n) is 4.82. The summed E-state index contributed by atoms with van der Waals surface area (Å²) in [5, 5.41) is 5.43. The first-order valence-corrected chi connectivity index (χ1v) is 10.9. The average molecular weight is 463 g/mol. The highest BCUT2D eigenvalue weighted by Crippen LogP contribution is 2.16. The van der Waals surface area contributed by atoms with Crippen LogP contribution >= 0.6 is 11.3 Å². The maximum absolute atomic E-state index is 12.4. The third-order valence-corrected chi connectivity index (χ3v) is 5.62. The van der Waals surface area contributed by atoms with E-state index in [-0.39, 0.29) is 11.1 Å². The van der Waals surface area contributed by atoms with Crippen LogP contribution in [0, 0.1) is 6.92 Å². The Morgan fingerprint density at radius 2 is 1.82 bits per heavy atom. The lowest BCUT2D eigenvalue weighted by atomic mass is 10.1. The van der Waals surface area contributed by atoms with Crippen LogP contribution in [0.3, 0.4) is 0 Å². The van der Waals surface area contributed by atoms with Gasteiger partial charge in [0.05, 0.1) is 5.56 Å². The molecule has 3 amide bonds. The molecule has 4 rings (SSSR count). The Morgan fingerprint density at radius 3 is 2.58 bits per heavy atom. The van der Waals surface area contributed by atoms with E-state index >= 15 is 0 Å². The molecular formula is C23H19N4O5S+. The molecule has 0 N–H and O–H groups in total. The van der Waals surface area contributed by atoms with Crippen LogP contribution in [0.15, 0.2) is 70.2 Å². The van der Waals surface area contributed by atoms with Crippen LogP contribution in [0.25, 0.3) is 0 Å². The Kier molecular flexibility index (Phi) is 6.45. The molecule has 0 spiro atoms. The topological polar surface area (TPSA) is 110 Å². The normalized spacial score (nSPS) is 13.5. The minimum absolute atomic E-state index is 0.159. The highest BCUT2D eigenvalue weighted by molar-refractivity contribution is 7.07. The predicted octanol–water partition coefficient (Wildman–Crippen LogP) is 2.34. The molecule has 10 heteroatoms. The van der Waals surface area contributed by atoms with Gasteiger partial charge in [0.25, 0.3) is 12.5 Å². The molecule has 0 saturated carbocycles. The molecule has 1 aliphatic heterocycles. The van der Waals surface area contributed by atoms with E-state index in [0.717, 1.165) is 15.8 Å². The maximum Gasteiger partial charge on any atom is 0.445 e. The van der Waals surface area contributed by atoms with Crippen molar-refractivity contribution in [3.05, 3.63) is 87.2 Å². The molecule has 1 aromatic heterocycles. The molecular weight excluding hydrogens is 444 g/mol. The first kappa shape index (κ1) is 22.2. The van der Waals surface area contributed by atoms with Crippen LogP contribution in [-0.2, 0) is 20.9 Å². The Labute approximate surface area is 192 Å². The molecule has 3 aromatic rings. The van der Waals surface area contributed by atoms with E-state index < -0.39 is 36.8 Å². The van der Waals surface area contributed by atoms with Gasteiger partial charge in [-0.15, -0.1) is 11.3 Å². The Balaban J connectivity index is 1.36. The fourth-order valence-electron chi connectivity index (χ4n) is 3.16. The van der Waals surface area contributed by atoms with Gasteiger partial charge in [0, 0.05) is 23.2 Å². The monoisotopic (exact) mass is 463 g/mol. The number of amides is 3. The van der Waals surface area contributed by atoms with Crippen LogP contribution in [0.5, 0.6) is 0 Å². The molecule has 0 radical (unpaired) electrons. The largest absolute Gasteiger partial charge is 0.451 e. The summed E-state index contributed by atoms with van der Waals surface area (Å²) in [6.07, 6.45) is 1.82. The van der Waals surface area contributed by atoms with Crippen molar-refractivity contribution in [2.24, 2.45) is 10.1 Å². The number of benzene rings is 2. The molecule has 2 aromatic carbocycles. The maximum atomic E-state index is 12.4. The van der Waals surface area contributed by atoms with Crippen LogP contribution < -0.4 is 4.80 Å². The third kappa shape index (κ3) is 5.24. The van der Waals surface area contributed by atoms with Gasteiger partial charge in [-0.05, 0) is 29.3 Å². The number of azo groups is 2. The molecule has 33 heavy (non-hydrogen) atoms. The lowest BCUT2D eigenvalue weighted by Crippen LogP contribution is -2.33. The van der Waals surface area contributed by atoms with Gasteiger partial charge in [0.2, 0.25) is 0 Å². The zero-order valence-corrected chi connectivity index (χ0v) is 18.4. The van der Waals surface area contributed by atoms with E-state index in [1.54, 1.807) is 12.1 Å². The molecule has 0 unspecified atom stereocenters. The van der Waals surface area contributed by atoms with Crippen molar-refractivity contribution < 1.29 is 28.6 Å². The van der Waals surface area contributed by atoms with Crippen molar-refractivity contribution in [3.63, 3.8) is 0 Å². The standard InChI is InChI=1S/C23H19N4O5S/c1-15-6-8-16(9-7-15)12-26-10-11-33-23(26)24-19(28)14-32-20(29)13-27-22(31)18-5-3-2-4-17(18)21(30)25-27/h2-11H,12-14H2,1H3/q+1. The number of aryl methyl sites for hydroxylation is 1. The number of esters is 1. The van der Waals surface area contributed by atoms with E-state index in [1.807, 2.05) is 47.3 Å². The molecule has 0 saturated heterocycles. The summed E-state index contributed by atoms with van der Waals surface area (Å²) in [4.78, 5) is 53.4. The molecule has 0 fully saturated rings. The zero-order valence-electron chi connectivity index (χ0n) is 17.6. The summed E-state index contributed by atoms with van der Waals surface area (Å²) in [7, 11) is 0. The van der Waals surface area contributed by atoms with E-state index in [2.05, 4.69) is 10.1 Å². The second-order valence-electron chi connectivity index (χ2n) is 7.28. The number of hydrogen-bond acceptors (Lipinski definition) is 6. The summed E-state index contributed by atoms with van der Waals surface area (Å²) in [6.45, 7) is 1.38. The number of thiazole rings is 1. The number of carbonyl (C=O) groups is 4. The average Bonchev–Trinajstić information content (AvgIpc) is 3.23. The van der Waals surface area contributed by atoms with E-state index in [1.165, 1.54) is 23.5 Å². The summed E-state index contributed by atoms with van der Waals surface area (Å²) in [5.41, 5.74) is 2.55. The van der Waals surface area contributed by atoms with Crippen molar-refractivity contribution in [3.8, 4) is 0 Å². The fraction of sp³-hybridized carbons (Fsp3) is 0.174. The first-order chi connectivity index (χ1) is 15.9. The van der Waals surface area contributed by atoms with E-state index in [0.29, 0.717) is 11.3 Å². The molecule has 0 aliphatic carbocycles. The van der Waals surface area contributed by atoms with Crippen molar-refractivity contribution in [1.29, 1.82) is 0 Å². The lowest BCUT2D eigenvalue weighted by Gasteiger charge is -2.07. The molecule has 2 heterocycles. The first-order valence-electron chi connectivity index (χ1n) is 10.0. The summed E-state index contributed by atoms with van der Waals surface area (Å²) in [6, 6.07) is 14.2. The minimum Gasteiger partial charge on any atom is -0.451 e. The quantitative estimate of drug-likeness (QED) is 0.412.